The van der Waals surface area contributed by atoms with E-state index in [4.69, 9.17) is 21.1 Å². The van der Waals surface area contributed by atoms with Gasteiger partial charge in [-0.1, -0.05) is 11.6 Å². The summed E-state index contributed by atoms with van der Waals surface area (Å²) >= 11 is 7.46. The second-order valence-corrected chi connectivity index (χ2v) is 5.58. The Morgan fingerprint density at radius 3 is 3.00 bits per heavy atom. The molecule has 0 atom stereocenters. The standard InChI is InChI=1S/C11H13ClN2O2S/c12-9-2-1-8-10(14-9)16-11(7-13-17-8)3-5-15-6-4-11/h1-2,13H,3-7H2. The molecular formula is C11H13ClN2O2S. The molecule has 1 saturated heterocycles. The monoisotopic (exact) mass is 272 g/mol. The molecule has 0 bridgehead atoms. The maximum atomic E-state index is 6.11. The van der Waals surface area contributed by atoms with E-state index in [1.165, 1.54) is 0 Å². The SMILES string of the molecule is Clc1ccc2c(n1)OC1(CCOCC1)CNS2. The molecule has 1 spiro atoms. The van der Waals surface area contributed by atoms with Gasteiger partial charge in [0.05, 0.1) is 18.1 Å². The molecular weight excluding hydrogens is 260 g/mol. The van der Waals surface area contributed by atoms with Crippen molar-refractivity contribution in [3.63, 3.8) is 0 Å². The summed E-state index contributed by atoms with van der Waals surface area (Å²) in [5, 5.41) is 0.466. The maximum absolute atomic E-state index is 6.11. The number of fused-ring (bicyclic) bond motifs is 1. The Morgan fingerprint density at radius 1 is 1.35 bits per heavy atom. The van der Waals surface area contributed by atoms with E-state index in [1.807, 2.05) is 6.07 Å². The molecule has 3 rings (SSSR count). The first-order chi connectivity index (χ1) is 8.27. The highest BCUT2D eigenvalue weighted by molar-refractivity contribution is 7.97. The third-order valence-corrected chi connectivity index (χ3v) is 4.11. The minimum absolute atomic E-state index is 0.200. The van der Waals surface area contributed by atoms with Gasteiger partial charge in [-0.2, -0.15) is 0 Å². The zero-order chi connectivity index (χ0) is 11.7. The predicted molar refractivity (Wildman–Crippen MR) is 66.5 cm³/mol. The van der Waals surface area contributed by atoms with E-state index in [9.17, 15) is 0 Å². The van der Waals surface area contributed by atoms with Crippen molar-refractivity contribution in [3.05, 3.63) is 17.3 Å². The third kappa shape index (κ3) is 2.38. The maximum Gasteiger partial charge on any atom is 0.230 e. The molecule has 3 heterocycles. The number of ether oxygens (including phenoxy) is 2. The average molecular weight is 273 g/mol. The van der Waals surface area contributed by atoms with Gasteiger partial charge in [-0.3, -0.25) is 4.72 Å². The van der Waals surface area contributed by atoms with Crippen molar-refractivity contribution in [1.82, 2.24) is 9.71 Å². The highest BCUT2D eigenvalue weighted by atomic mass is 35.5. The molecule has 1 aromatic heterocycles. The second kappa shape index (κ2) is 4.65. The van der Waals surface area contributed by atoms with Gasteiger partial charge in [-0.15, -0.1) is 0 Å². The van der Waals surface area contributed by atoms with Crippen LogP contribution < -0.4 is 9.46 Å². The number of hydrogen-bond acceptors (Lipinski definition) is 5. The third-order valence-electron chi connectivity index (χ3n) is 3.09. The fourth-order valence-electron chi connectivity index (χ4n) is 2.06. The van der Waals surface area contributed by atoms with Gasteiger partial charge in [-0.05, 0) is 24.1 Å². The van der Waals surface area contributed by atoms with Crippen LogP contribution in [0.25, 0.3) is 0 Å². The van der Waals surface area contributed by atoms with Gasteiger partial charge in [0.25, 0.3) is 0 Å². The lowest BCUT2D eigenvalue weighted by atomic mass is 9.94. The quantitative estimate of drug-likeness (QED) is 0.580. The van der Waals surface area contributed by atoms with Gasteiger partial charge in [0.15, 0.2) is 0 Å². The Hall–Kier alpha value is -0.490. The minimum Gasteiger partial charge on any atom is -0.469 e. The molecule has 92 valence electrons. The van der Waals surface area contributed by atoms with Crippen LogP contribution in [-0.4, -0.2) is 30.3 Å². The van der Waals surface area contributed by atoms with E-state index >= 15 is 0 Å². The van der Waals surface area contributed by atoms with Gasteiger partial charge in [-0.25, -0.2) is 4.98 Å². The van der Waals surface area contributed by atoms with Crippen LogP contribution in [0.3, 0.4) is 0 Å². The highest BCUT2D eigenvalue weighted by Crippen LogP contribution is 2.36. The van der Waals surface area contributed by atoms with Crippen molar-refractivity contribution < 1.29 is 9.47 Å². The van der Waals surface area contributed by atoms with Crippen molar-refractivity contribution in [2.24, 2.45) is 0 Å². The number of aromatic nitrogens is 1. The molecule has 1 fully saturated rings. The molecule has 0 aromatic carbocycles. The molecule has 0 amide bonds. The molecule has 4 nitrogen and oxygen atoms in total. The van der Waals surface area contributed by atoms with Crippen LogP contribution in [0.15, 0.2) is 17.0 Å². The molecule has 2 aliphatic rings. The van der Waals surface area contributed by atoms with Crippen molar-refractivity contribution in [1.29, 1.82) is 0 Å². The average Bonchev–Trinajstić information content (AvgIpc) is 2.49. The summed E-state index contributed by atoms with van der Waals surface area (Å²) in [4.78, 5) is 5.25. The van der Waals surface area contributed by atoms with Gasteiger partial charge in [0.1, 0.15) is 10.8 Å². The van der Waals surface area contributed by atoms with Crippen LogP contribution in [0.5, 0.6) is 5.88 Å². The molecule has 1 N–H and O–H groups in total. The molecule has 6 heteroatoms. The molecule has 0 saturated carbocycles. The Labute approximate surface area is 109 Å². The van der Waals surface area contributed by atoms with Crippen LogP contribution in [0.4, 0.5) is 0 Å². The smallest absolute Gasteiger partial charge is 0.230 e. The van der Waals surface area contributed by atoms with Crippen molar-refractivity contribution >= 4 is 23.5 Å². The first kappa shape index (κ1) is 11.6. The molecule has 17 heavy (non-hydrogen) atoms. The Kier molecular flexibility index (Phi) is 3.17. The van der Waals surface area contributed by atoms with E-state index in [-0.39, 0.29) is 5.60 Å². The zero-order valence-electron chi connectivity index (χ0n) is 9.24. The topological polar surface area (TPSA) is 43.4 Å². The molecule has 0 unspecified atom stereocenters. The normalized spacial score (nSPS) is 22.6. The van der Waals surface area contributed by atoms with Gasteiger partial charge >= 0.3 is 0 Å². The van der Waals surface area contributed by atoms with E-state index in [0.717, 1.165) is 37.5 Å². The summed E-state index contributed by atoms with van der Waals surface area (Å²) in [5.41, 5.74) is -0.200. The summed E-state index contributed by atoms with van der Waals surface area (Å²) in [6.45, 7) is 2.28. The summed E-state index contributed by atoms with van der Waals surface area (Å²) in [5.74, 6) is 0.634. The lowest BCUT2D eigenvalue weighted by Crippen LogP contribution is -2.47. The minimum atomic E-state index is -0.200. The Bertz CT molecular complexity index is 424. The van der Waals surface area contributed by atoms with Crippen molar-refractivity contribution in [2.45, 2.75) is 23.3 Å². The van der Waals surface area contributed by atoms with Crippen LogP contribution in [0.1, 0.15) is 12.8 Å². The number of halogens is 1. The lowest BCUT2D eigenvalue weighted by Gasteiger charge is -2.35. The van der Waals surface area contributed by atoms with Gasteiger partial charge in [0.2, 0.25) is 5.88 Å². The molecule has 0 aliphatic carbocycles. The summed E-state index contributed by atoms with van der Waals surface area (Å²) in [7, 11) is 0. The van der Waals surface area contributed by atoms with Gasteiger partial charge < -0.3 is 9.47 Å². The summed E-state index contributed by atoms with van der Waals surface area (Å²) < 4.78 is 14.8. The molecule has 2 aliphatic heterocycles. The highest BCUT2D eigenvalue weighted by Gasteiger charge is 2.37. The number of rotatable bonds is 0. The fourth-order valence-corrected chi connectivity index (χ4v) is 3.01. The van der Waals surface area contributed by atoms with Crippen LogP contribution >= 0.6 is 23.5 Å². The molecule has 1 aromatic rings. The van der Waals surface area contributed by atoms with Crippen LogP contribution in [0, 0.1) is 0 Å². The second-order valence-electron chi connectivity index (χ2n) is 4.26. The van der Waals surface area contributed by atoms with E-state index in [1.54, 1.807) is 18.0 Å². The molecule has 0 radical (unpaired) electrons. The number of pyridine rings is 1. The van der Waals surface area contributed by atoms with Crippen LogP contribution in [-0.2, 0) is 4.74 Å². The number of hydrogen-bond donors (Lipinski definition) is 1. The summed E-state index contributed by atoms with van der Waals surface area (Å²) in [6, 6.07) is 3.71. The van der Waals surface area contributed by atoms with Crippen LogP contribution in [0.2, 0.25) is 5.15 Å². The number of nitrogens with one attached hydrogen (secondary N) is 1. The van der Waals surface area contributed by atoms with E-state index in [0.29, 0.717) is 11.0 Å². The first-order valence-electron chi connectivity index (χ1n) is 5.60. The largest absolute Gasteiger partial charge is 0.469 e. The van der Waals surface area contributed by atoms with Crippen molar-refractivity contribution in [3.8, 4) is 5.88 Å². The van der Waals surface area contributed by atoms with E-state index < -0.39 is 0 Å². The van der Waals surface area contributed by atoms with E-state index in [2.05, 4.69) is 9.71 Å². The summed E-state index contributed by atoms with van der Waals surface area (Å²) in [6.07, 6.45) is 1.77. The fraction of sp³-hybridized carbons (Fsp3) is 0.545. The lowest BCUT2D eigenvalue weighted by molar-refractivity contribution is -0.0441. The Morgan fingerprint density at radius 2 is 2.18 bits per heavy atom. The zero-order valence-corrected chi connectivity index (χ0v) is 10.8. The number of nitrogens with zero attached hydrogens (tertiary/aromatic N) is 1. The van der Waals surface area contributed by atoms with Crippen molar-refractivity contribution in [2.75, 3.05) is 19.8 Å². The first-order valence-corrected chi connectivity index (χ1v) is 6.80. The Balaban J connectivity index is 1.92. The predicted octanol–water partition coefficient (Wildman–Crippen LogP) is 2.27. The van der Waals surface area contributed by atoms with Gasteiger partial charge in [0, 0.05) is 19.4 Å².